The summed E-state index contributed by atoms with van der Waals surface area (Å²) in [6, 6.07) is 15.6. The fourth-order valence-electron chi connectivity index (χ4n) is 1.90. The maximum absolute atomic E-state index is 11.7. The quantitative estimate of drug-likeness (QED) is 0.790. The number of methoxy groups -OCH3 is 1. The molecule has 0 saturated heterocycles. The van der Waals surface area contributed by atoms with E-state index in [9.17, 15) is 9.59 Å². The zero-order valence-corrected chi connectivity index (χ0v) is 13.5. The Hall–Kier alpha value is -3.02. The predicted octanol–water partition coefficient (Wildman–Crippen LogP) is 2.54. The summed E-state index contributed by atoms with van der Waals surface area (Å²) in [5, 5.41) is 2.48. The molecule has 0 radical (unpaired) electrons. The fraction of sp³-hybridized carbons (Fsp3) is 0.222. The third-order valence-corrected chi connectivity index (χ3v) is 3.10. The van der Waals surface area contributed by atoms with Crippen LogP contribution in [0.4, 0.5) is 0 Å². The summed E-state index contributed by atoms with van der Waals surface area (Å²) >= 11 is 0. The minimum absolute atomic E-state index is 0.194. The lowest BCUT2D eigenvalue weighted by Crippen LogP contribution is -2.41. The van der Waals surface area contributed by atoms with Crippen LogP contribution in [0.25, 0.3) is 0 Å². The lowest BCUT2D eigenvalue weighted by molar-refractivity contribution is -0.144. The molecule has 1 unspecified atom stereocenters. The van der Waals surface area contributed by atoms with Crippen LogP contribution in [0, 0.1) is 0 Å². The van der Waals surface area contributed by atoms with Crippen molar-refractivity contribution in [3.63, 3.8) is 0 Å². The van der Waals surface area contributed by atoms with E-state index >= 15 is 0 Å². The molecule has 1 amide bonds. The van der Waals surface area contributed by atoms with Crippen molar-refractivity contribution >= 4 is 11.9 Å². The van der Waals surface area contributed by atoms with Gasteiger partial charge in [0, 0.05) is 0 Å². The average Bonchev–Trinajstić information content (AvgIpc) is 2.61. The van der Waals surface area contributed by atoms with Gasteiger partial charge in [0.15, 0.2) is 6.61 Å². The number of hydrogen-bond donors (Lipinski definition) is 1. The summed E-state index contributed by atoms with van der Waals surface area (Å²) in [6.45, 7) is 1.35. The van der Waals surface area contributed by atoms with Crippen LogP contribution in [-0.4, -0.2) is 31.6 Å². The molecule has 0 aromatic heterocycles. The molecule has 1 atom stereocenters. The first-order valence-corrected chi connectivity index (χ1v) is 7.41. The van der Waals surface area contributed by atoms with Gasteiger partial charge in [-0.15, -0.1) is 0 Å². The molecule has 0 aliphatic rings. The van der Waals surface area contributed by atoms with E-state index < -0.39 is 17.9 Å². The summed E-state index contributed by atoms with van der Waals surface area (Å²) in [6.07, 6.45) is 0. The van der Waals surface area contributed by atoms with Gasteiger partial charge in [-0.05, 0) is 43.3 Å². The Labute approximate surface area is 140 Å². The van der Waals surface area contributed by atoms with Gasteiger partial charge >= 0.3 is 5.97 Å². The molecule has 0 saturated carbocycles. The van der Waals surface area contributed by atoms with Gasteiger partial charge in [-0.2, -0.15) is 0 Å². The Morgan fingerprint density at radius 3 is 2.17 bits per heavy atom. The first-order chi connectivity index (χ1) is 11.6. The molecule has 2 aromatic rings. The van der Waals surface area contributed by atoms with Crippen molar-refractivity contribution in [3.8, 4) is 17.2 Å². The smallest absolute Gasteiger partial charge is 0.328 e. The summed E-state index contributed by atoms with van der Waals surface area (Å²) in [7, 11) is 1.26. The third kappa shape index (κ3) is 5.31. The minimum Gasteiger partial charge on any atom is -0.484 e. The van der Waals surface area contributed by atoms with E-state index in [0.29, 0.717) is 11.5 Å². The highest BCUT2D eigenvalue weighted by molar-refractivity contribution is 5.84. The van der Waals surface area contributed by atoms with Crippen molar-refractivity contribution < 1.29 is 23.8 Å². The summed E-state index contributed by atoms with van der Waals surface area (Å²) < 4.78 is 15.6. The van der Waals surface area contributed by atoms with Crippen LogP contribution in [0.5, 0.6) is 17.2 Å². The Balaban J connectivity index is 1.81. The lowest BCUT2D eigenvalue weighted by Gasteiger charge is -2.12. The monoisotopic (exact) mass is 329 g/mol. The highest BCUT2D eigenvalue weighted by atomic mass is 16.5. The number of nitrogens with one attached hydrogen (secondary N) is 1. The van der Waals surface area contributed by atoms with Gasteiger partial charge < -0.3 is 19.5 Å². The Morgan fingerprint density at radius 1 is 0.958 bits per heavy atom. The second-order valence-corrected chi connectivity index (χ2v) is 4.99. The molecule has 0 aliphatic carbocycles. The molecule has 126 valence electrons. The minimum atomic E-state index is -0.715. The van der Waals surface area contributed by atoms with Crippen LogP contribution >= 0.6 is 0 Å². The molecule has 2 rings (SSSR count). The normalized spacial score (nSPS) is 11.2. The molecule has 24 heavy (non-hydrogen) atoms. The van der Waals surface area contributed by atoms with Crippen molar-refractivity contribution in [2.24, 2.45) is 0 Å². The maximum Gasteiger partial charge on any atom is 0.328 e. The van der Waals surface area contributed by atoms with Crippen LogP contribution in [0.2, 0.25) is 0 Å². The van der Waals surface area contributed by atoms with Crippen LogP contribution in [0.1, 0.15) is 6.92 Å². The summed E-state index contributed by atoms with van der Waals surface area (Å²) in [5.41, 5.74) is 0. The van der Waals surface area contributed by atoms with Crippen LogP contribution in [-0.2, 0) is 14.3 Å². The van der Waals surface area contributed by atoms with Crippen molar-refractivity contribution in [1.82, 2.24) is 5.32 Å². The van der Waals surface area contributed by atoms with Crippen LogP contribution in [0.3, 0.4) is 0 Å². The Morgan fingerprint density at radius 2 is 1.54 bits per heavy atom. The van der Waals surface area contributed by atoms with E-state index in [-0.39, 0.29) is 6.61 Å². The van der Waals surface area contributed by atoms with Gasteiger partial charge in [0.1, 0.15) is 23.3 Å². The van der Waals surface area contributed by atoms with Crippen molar-refractivity contribution in [2.75, 3.05) is 13.7 Å². The van der Waals surface area contributed by atoms with Crippen molar-refractivity contribution in [2.45, 2.75) is 13.0 Å². The van der Waals surface area contributed by atoms with E-state index in [0.717, 1.165) is 5.75 Å². The molecule has 0 spiro atoms. The molecule has 0 aliphatic heterocycles. The van der Waals surface area contributed by atoms with Gasteiger partial charge in [0.25, 0.3) is 5.91 Å². The van der Waals surface area contributed by atoms with E-state index in [1.165, 1.54) is 7.11 Å². The van der Waals surface area contributed by atoms with Crippen LogP contribution in [0.15, 0.2) is 54.6 Å². The number of rotatable bonds is 7. The van der Waals surface area contributed by atoms with Gasteiger partial charge in [-0.3, -0.25) is 4.79 Å². The Bertz CT molecular complexity index is 670. The molecule has 0 fully saturated rings. The largest absolute Gasteiger partial charge is 0.484 e. The zero-order chi connectivity index (χ0) is 17.4. The van der Waals surface area contributed by atoms with Gasteiger partial charge in [0.05, 0.1) is 7.11 Å². The number of esters is 1. The number of carbonyl (C=O) groups excluding carboxylic acids is 2. The van der Waals surface area contributed by atoms with Gasteiger partial charge in [-0.1, -0.05) is 18.2 Å². The molecule has 1 N–H and O–H groups in total. The molecule has 0 heterocycles. The molecular weight excluding hydrogens is 310 g/mol. The van der Waals surface area contributed by atoms with E-state index in [2.05, 4.69) is 10.1 Å². The molecule has 6 nitrogen and oxygen atoms in total. The lowest BCUT2D eigenvalue weighted by atomic mass is 10.3. The number of carbonyl (C=O) groups is 2. The standard InChI is InChI=1S/C18H19NO5/c1-13(18(21)22-2)19-17(20)12-23-14-8-10-16(11-9-14)24-15-6-4-3-5-7-15/h3-11,13H,12H2,1-2H3,(H,19,20). The second-order valence-electron chi connectivity index (χ2n) is 4.99. The topological polar surface area (TPSA) is 73.9 Å². The average molecular weight is 329 g/mol. The first kappa shape index (κ1) is 17.3. The van der Waals surface area contributed by atoms with Crippen LogP contribution < -0.4 is 14.8 Å². The van der Waals surface area contributed by atoms with Crippen molar-refractivity contribution in [3.05, 3.63) is 54.6 Å². The first-order valence-electron chi connectivity index (χ1n) is 7.41. The van der Waals surface area contributed by atoms with E-state index in [1.807, 2.05) is 30.3 Å². The highest BCUT2D eigenvalue weighted by Crippen LogP contribution is 2.23. The highest BCUT2D eigenvalue weighted by Gasteiger charge is 2.15. The predicted molar refractivity (Wildman–Crippen MR) is 88.1 cm³/mol. The van der Waals surface area contributed by atoms with E-state index in [1.54, 1.807) is 31.2 Å². The number of para-hydroxylation sites is 1. The summed E-state index contributed by atoms with van der Waals surface area (Å²) in [4.78, 5) is 22.9. The number of amides is 1. The Kier molecular flexibility index (Phi) is 6.19. The van der Waals surface area contributed by atoms with Gasteiger partial charge in [0.2, 0.25) is 0 Å². The van der Waals surface area contributed by atoms with E-state index in [4.69, 9.17) is 9.47 Å². The number of hydrogen-bond acceptors (Lipinski definition) is 5. The molecule has 0 bridgehead atoms. The second kappa shape index (κ2) is 8.57. The summed E-state index contributed by atoms with van der Waals surface area (Å²) in [5.74, 6) is 1.01. The number of ether oxygens (including phenoxy) is 3. The van der Waals surface area contributed by atoms with Crippen molar-refractivity contribution in [1.29, 1.82) is 0 Å². The van der Waals surface area contributed by atoms with Gasteiger partial charge in [-0.25, -0.2) is 4.79 Å². The molecular formula is C18H19NO5. The number of benzene rings is 2. The SMILES string of the molecule is COC(=O)C(C)NC(=O)COc1ccc(Oc2ccccc2)cc1. The molecule has 6 heteroatoms. The third-order valence-electron chi connectivity index (χ3n) is 3.10. The fourth-order valence-corrected chi connectivity index (χ4v) is 1.90. The zero-order valence-electron chi connectivity index (χ0n) is 13.5. The maximum atomic E-state index is 11.7. The molecule has 2 aromatic carbocycles.